The average Bonchev–Trinajstić information content (AvgIpc) is 2.55. The molecule has 7 nitrogen and oxygen atoms in total. The number of likely N-dealkylation sites (tertiary alicyclic amines) is 1. The summed E-state index contributed by atoms with van der Waals surface area (Å²) in [6, 6.07) is 7.44. The fourth-order valence-electron chi connectivity index (χ4n) is 4.01. The van der Waals surface area contributed by atoms with Crippen LogP contribution in [0.4, 0.5) is 5.95 Å². The van der Waals surface area contributed by atoms with E-state index in [-0.39, 0.29) is 5.56 Å². The minimum atomic E-state index is 0.0888. The fraction of sp³-hybridized carbons (Fsp3) is 0.444. The molecule has 2 aliphatic rings. The number of rotatable bonds is 1. The number of piperidine rings is 1. The standard InChI is InChI=1S/C18H22N6O/c1-11-6-12(2)21-18(20-11)22-17(19)23-8-13-7-14(10-23)15-4-3-5-16(25)24(15)9-13/h3-6,13-14H,7-10H2,1-2H3,(H2,19,20,21,22)/t13-,14+/m1/s1. The average molecular weight is 338 g/mol. The van der Waals surface area contributed by atoms with Crippen molar-refractivity contribution in [3.8, 4) is 0 Å². The Morgan fingerprint density at radius 3 is 2.72 bits per heavy atom. The monoisotopic (exact) mass is 338 g/mol. The maximum Gasteiger partial charge on any atom is 0.253 e. The highest BCUT2D eigenvalue weighted by atomic mass is 16.1. The van der Waals surface area contributed by atoms with E-state index >= 15 is 0 Å². The molecule has 0 spiro atoms. The van der Waals surface area contributed by atoms with Crippen molar-refractivity contribution in [3.63, 3.8) is 0 Å². The van der Waals surface area contributed by atoms with Crippen LogP contribution in [0, 0.1) is 19.8 Å². The predicted octanol–water partition coefficient (Wildman–Crippen LogP) is 1.32. The van der Waals surface area contributed by atoms with Gasteiger partial charge in [0.05, 0.1) is 0 Å². The summed E-state index contributed by atoms with van der Waals surface area (Å²) in [5.41, 5.74) is 9.21. The Labute approximate surface area is 146 Å². The van der Waals surface area contributed by atoms with E-state index in [2.05, 4.69) is 19.9 Å². The summed E-state index contributed by atoms with van der Waals surface area (Å²) in [6.45, 7) is 6.15. The summed E-state index contributed by atoms with van der Waals surface area (Å²) in [7, 11) is 0. The van der Waals surface area contributed by atoms with Crippen molar-refractivity contribution in [3.05, 3.63) is 51.7 Å². The van der Waals surface area contributed by atoms with Crippen molar-refractivity contribution in [1.29, 1.82) is 0 Å². The second kappa shape index (κ2) is 5.98. The van der Waals surface area contributed by atoms with Crippen molar-refractivity contribution < 1.29 is 0 Å². The molecule has 0 saturated carbocycles. The molecule has 0 aromatic carbocycles. The minimum absolute atomic E-state index is 0.0888. The number of hydrogen-bond donors (Lipinski definition) is 1. The molecule has 2 N–H and O–H groups in total. The highest BCUT2D eigenvalue weighted by molar-refractivity contribution is 5.80. The normalized spacial score (nSPS) is 22.6. The first-order valence-electron chi connectivity index (χ1n) is 8.61. The van der Waals surface area contributed by atoms with E-state index < -0.39 is 0 Å². The van der Waals surface area contributed by atoms with Gasteiger partial charge in [-0.25, -0.2) is 9.97 Å². The molecular formula is C18H22N6O. The highest BCUT2D eigenvalue weighted by Crippen LogP contribution is 2.34. The van der Waals surface area contributed by atoms with E-state index in [0.29, 0.717) is 23.7 Å². The molecular weight excluding hydrogens is 316 g/mol. The third-order valence-electron chi connectivity index (χ3n) is 4.99. The number of hydrogen-bond acceptors (Lipinski definition) is 4. The molecule has 2 atom stereocenters. The topological polar surface area (TPSA) is 89.4 Å². The first kappa shape index (κ1) is 15.8. The molecule has 0 unspecified atom stereocenters. The Hall–Kier alpha value is -2.70. The number of nitrogens with two attached hydrogens (primary N) is 1. The summed E-state index contributed by atoms with van der Waals surface area (Å²) in [5, 5.41) is 0. The molecule has 2 aliphatic heterocycles. The van der Waals surface area contributed by atoms with Crippen LogP contribution >= 0.6 is 0 Å². The fourth-order valence-corrected chi connectivity index (χ4v) is 4.01. The SMILES string of the molecule is Cc1cc(C)nc(/N=C(\N)N2C[C@H]3C[C@@H](C2)c2cccc(=O)n2C3)n1. The Morgan fingerprint density at radius 2 is 1.96 bits per heavy atom. The van der Waals surface area contributed by atoms with Crippen LogP contribution in [0.25, 0.3) is 0 Å². The van der Waals surface area contributed by atoms with Gasteiger partial charge in [0.1, 0.15) is 0 Å². The van der Waals surface area contributed by atoms with E-state index in [4.69, 9.17) is 5.73 Å². The summed E-state index contributed by atoms with van der Waals surface area (Å²) >= 11 is 0. The van der Waals surface area contributed by atoms with Crippen molar-refractivity contribution in [2.24, 2.45) is 16.6 Å². The molecule has 4 heterocycles. The summed E-state index contributed by atoms with van der Waals surface area (Å²) in [6.07, 6.45) is 1.09. The number of aliphatic imine (C=N–C) groups is 1. The van der Waals surface area contributed by atoms with Crippen molar-refractivity contribution >= 4 is 11.9 Å². The lowest BCUT2D eigenvalue weighted by molar-refractivity contribution is 0.177. The molecule has 2 aromatic heterocycles. The van der Waals surface area contributed by atoms with Gasteiger partial charge in [0.25, 0.3) is 11.5 Å². The summed E-state index contributed by atoms with van der Waals surface area (Å²) in [4.78, 5) is 27.3. The Bertz CT molecular complexity index is 882. The first-order chi connectivity index (χ1) is 12.0. The minimum Gasteiger partial charge on any atom is -0.369 e. The predicted molar refractivity (Wildman–Crippen MR) is 95.9 cm³/mol. The van der Waals surface area contributed by atoms with Gasteiger partial charge in [-0.1, -0.05) is 6.07 Å². The van der Waals surface area contributed by atoms with Gasteiger partial charge in [-0.2, -0.15) is 4.99 Å². The molecule has 2 bridgehead atoms. The second-order valence-corrected chi connectivity index (χ2v) is 7.02. The zero-order valence-corrected chi connectivity index (χ0v) is 14.5. The van der Waals surface area contributed by atoms with Gasteiger partial charge in [0, 0.05) is 48.7 Å². The molecule has 0 radical (unpaired) electrons. The zero-order valence-electron chi connectivity index (χ0n) is 14.5. The van der Waals surface area contributed by atoms with E-state index in [1.165, 1.54) is 0 Å². The number of guanidine groups is 1. The molecule has 2 aromatic rings. The third-order valence-corrected chi connectivity index (χ3v) is 4.99. The van der Waals surface area contributed by atoms with Crippen LogP contribution in [0.15, 0.2) is 34.1 Å². The summed E-state index contributed by atoms with van der Waals surface area (Å²) < 4.78 is 1.91. The Kier molecular flexibility index (Phi) is 3.78. The van der Waals surface area contributed by atoms with Crippen LogP contribution in [-0.2, 0) is 6.54 Å². The maximum atomic E-state index is 12.1. The van der Waals surface area contributed by atoms with Crippen LogP contribution in [0.1, 0.15) is 29.4 Å². The Morgan fingerprint density at radius 1 is 1.20 bits per heavy atom. The van der Waals surface area contributed by atoms with Crippen LogP contribution in [0.2, 0.25) is 0 Å². The van der Waals surface area contributed by atoms with Crippen molar-refractivity contribution in [1.82, 2.24) is 19.4 Å². The number of aryl methyl sites for hydroxylation is 2. The van der Waals surface area contributed by atoms with Gasteiger partial charge in [-0.3, -0.25) is 4.79 Å². The van der Waals surface area contributed by atoms with Crippen LogP contribution in [0.3, 0.4) is 0 Å². The molecule has 130 valence electrons. The lowest BCUT2D eigenvalue weighted by Crippen LogP contribution is -2.51. The molecule has 1 saturated heterocycles. The van der Waals surface area contributed by atoms with E-state index in [1.807, 2.05) is 36.6 Å². The molecule has 0 aliphatic carbocycles. The van der Waals surface area contributed by atoms with Crippen molar-refractivity contribution in [2.45, 2.75) is 32.7 Å². The van der Waals surface area contributed by atoms with Gasteiger partial charge in [-0.05, 0) is 38.3 Å². The smallest absolute Gasteiger partial charge is 0.253 e. The molecule has 1 fully saturated rings. The highest BCUT2D eigenvalue weighted by Gasteiger charge is 2.35. The van der Waals surface area contributed by atoms with E-state index in [9.17, 15) is 4.79 Å². The van der Waals surface area contributed by atoms with Crippen LogP contribution in [-0.4, -0.2) is 38.5 Å². The van der Waals surface area contributed by atoms with Gasteiger partial charge >= 0.3 is 0 Å². The van der Waals surface area contributed by atoms with Gasteiger partial charge in [0.2, 0.25) is 0 Å². The van der Waals surface area contributed by atoms with Crippen LogP contribution in [0.5, 0.6) is 0 Å². The quantitative estimate of drug-likeness (QED) is 0.626. The second-order valence-electron chi connectivity index (χ2n) is 7.02. The zero-order chi connectivity index (χ0) is 17.6. The molecule has 0 amide bonds. The lowest BCUT2D eigenvalue weighted by Gasteiger charge is -2.43. The van der Waals surface area contributed by atoms with Gasteiger partial charge in [-0.15, -0.1) is 0 Å². The molecule has 4 rings (SSSR count). The third kappa shape index (κ3) is 3.01. The number of nitrogens with zero attached hydrogens (tertiary/aromatic N) is 5. The molecule has 7 heteroatoms. The number of fused-ring (bicyclic) bond motifs is 4. The van der Waals surface area contributed by atoms with Gasteiger partial charge in [0.15, 0.2) is 5.96 Å². The molecule has 25 heavy (non-hydrogen) atoms. The Balaban J connectivity index is 1.61. The largest absolute Gasteiger partial charge is 0.369 e. The number of pyridine rings is 1. The summed E-state index contributed by atoms with van der Waals surface area (Å²) in [5.74, 6) is 1.56. The number of aromatic nitrogens is 3. The van der Waals surface area contributed by atoms with Crippen LogP contribution < -0.4 is 11.3 Å². The van der Waals surface area contributed by atoms with E-state index in [1.54, 1.807) is 6.07 Å². The van der Waals surface area contributed by atoms with E-state index in [0.717, 1.165) is 43.1 Å². The first-order valence-corrected chi connectivity index (χ1v) is 8.61. The lowest BCUT2D eigenvalue weighted by atomic mass is 9.83. The van der Waals surface area contributed by atoms with Crippen molar-refractivity contribution in [2.75, 3.05) is 13.1 Å². The van der Waals surface area contributed by atoms with Gasteiger partial charge < -0.3 is 15.2 Å². The maximum absolute atomic E-state index is 12.1.